The van der Waals surface area contributed by atoms with Gasteiger partial charge < -0.3 is 24.3 Å². The highest BCUT2D eigenvalue weighted by atomic mass is 127. The molecule has 0 radical (unpaired) electrons. The van der Waals surface area contributed by atoms with E-state index in [1.807, 2.05) is 4.52 Å². The minimum absolute atomic E-state index is 0.203. The maximum Gasteiger partial charge on any atom is 0.154 e. The first-order valence-corrected chi connectivity index (χ1v) is 15.5. The highest BCUT2D eigenvalue weighted by Crippen LogP contribution is 2.38. The summed E-state index contributed by atoms with van der Waals surface area (Å²) in [5, 5.41) is 8.10. The van der Waals surface area contributed by atoms with Gasteiger partial charge >= 0.3 is 0 Å². The van der Waals surface area contributed by atoms with E-state index in [-0.39, 0.29) is 24.4 Å². The molecule has 0 unspecified atom stereocenters. The minimum atomic E-state index is -0.325. The van der Waals surface area contributed by atoms with Crippen LogP contribution in [0.25, 0.3) is 5.52 Å². The van der Waals surface area contributed by atoms with Gasteiger partial charge in [0, 0.05) is 29.9 Å². The Balaban J connectivity index is 1.58. The topological polar surface area (TPSA) is 79.1 Å². The zero-order chi connectivity index (χ0) is 27.5. The van der Waals surface area contributed by atoms with Crippen molar-refractivity contribution in [3.05, 3.63) is 57.6 Å². The van der Waals surface area contributed by atoms with Crippen molar-refractivity contribution in [2.45, 2.75) is 90.3 Å². The van der Waals surface area contributed by atoms with Gasteiger partial charge in [-0.2, -0.15) is 5.10 Å². The second-order valence-corrected chi connectivity index (χ2v) is 11.3. The Bertz CT molecular complexity index is 1140. The Morgan fingerprint density at radius 1 is 0.949 bits per heavy atom. The van der Waals surface area contributed by atoms with Crippen molar-refractivity contribution in [2.24, 2.45) is 0 Å². The molecule has 214 valence electrons. The summed E-state index contributed by atoms with van der Waals surface area (Å²) in [7, 11) is 0. The SMILES string of the molecule is CCCCOC[C@H]1O[C@@H](c2ccc3c(NCc4cccc(I)c4)ncnn23)[C@H](OCCCC)[C@@H]1OCCCC. The summed E-state index contributed by atoms with van der Waals surface area (Å²) >= 11 is 2.34. The number of anilines is 1. The van der Waals surface area contributed by atoms with Crippen LogP contribution in [0.15, 0.2) is 42.7 Å². The molecule has 1 aliphatic heterocycles. The van der Waals surface area contributed by atoms with E-state index in [1.54, 1.807) is 6.33 Å². The maximum atomic E-state index is 6.69. The van der Waals surface area contributed by atoms with Crippen LogP contribution in [0, 0.1) is 3.57 Å². The lowest BCUT2D eigenvalue weighted by Gasteiger charge is -2.25. The van der Waals surface area contributed by atoms with Gasteiger partial charge in [-0.25, -0.2) is 9.50 Å². The van der Waals surface area contributed by atoms with Crippen LogP contribution >= 0.6 is 22.6 Å². The molecule has 1 N–H and O–H groups in total. The summed E-state index contributed by atoms with van der Waals surface area (Å²) in [6, 6.07) is 12.6. The number of nitrogens with one attached hydrogen (secondary N) is 1. The van der Waals surface area contributed by atoms with Gasteiger partial charge in [-0.05, 0) is 71.7 Å². The summed E-state index contributed by atoms with van der Waals surface area (Å²) < 4.78 is 28.8. The molecular formula is C30H43IN4O4. The van der Waals surface area contributed by atoms with Crippen LogP contribution in [0.1, 0.15) is 76.7 Å². The first kappa shape index (κ1) is 30.2. The Hall–Kier alpha value is -1.79. The third-order valence-electron chi connectivity index (χ3n) is 6.97. The lowest BCUT2D eigenvalue weighted by Crippen LogP contribution is -2.38. The van der Waals surface area contributed by atoms with Gasteiger partial charge in [0.15, 0.2) is 5.82 Å². The Labute approximate surface area is 246 Å². The normalized spacial score (nSPS) is 21.1. The first-order valence-electron chi connectivity index (χ1n) is 14.4. The number of hydrogen-bond acceptors (Lipinski definition) is 7. The Morgan fingerprint density at radius 3 is 2.44 bits per heavy atom. The molecule has 0 spiro atoms. The van der Waals surface area contributed by atoms with Gasteiger partial charge in [0.1, 0.15) is 36.3 Å². The molecule has 3 aromatic rings. The lowest BCUT2D eigenvalue weighted by atomic mass is 10.0. The fourth-order valence-corrected chi connectivity index (χ4v) is 5.40. The zero-order valence-corrected chi connectivity index (χ0v) is 25.6. The van der Waals surface area contributed by atoms with Crippen LogP contribution < -0.4 is 5.32 Å². The summed E-state index contributed by atoms with van der Waals surface area (Å²) in [6.45, 7) is 9.75. The first-order chi connectivity index (χ1) is 19.2. The molecule has 0 amide bonds. The second kappa shape index (κ2) is 15.9. The summed E-state index contributed by atoms with van der Waals surface area (Å²) in [6.07, 6.45) is 6.89. The second-order valence-electron chi connectivity index (χ2n) is 10.0. The minimum Gasteiger partial charge on any atom is -0.379 e. The van der Waals surface area contributed by atoms with Crippen LogP contribution in [0.2, 0.25) is 0 Å². The fraction of sp³-hybridized carbons (Fsp3) is 0.600. The van der Waals surface area contributed by atoms with E-state index in [2.05, 4.69) is 95.2 Å². The third-order valence-corrected chi connectivity index (χ3v) is 7.64. The molecule has 2 aromatic heterocycles. The van der Waals surface area contributed by atoms with Gasteiger partial charge in [-0.3, -0.25) is 0 Å². The smallest absolute Gasteiger partial charge is 0.154 e. The number of fused-ring (bicyclic) bond motifs is 1. The maximum absolute atomic E-state index is 6.69. The molecule has 1 aromatic carbocycles. The van der Waals surface area contributed by atoms with Crippen LogP contribution in [-0.4, -0.2) is 59.3 Å². The van der Waals surface area contributed by atoms with Crippen molar-refractivity contribution in [1.82, 2.24) is 14.6 Å². The van der Waals surface area contributed by atoms with Crippen molar-refractivity contribution in [1.29, 1.82) is 0 Å². The average molecular weight is 651 g/mol. The molecule has 4 rings (SSSR count). The zero-order valence-electron chi connectivity index (χ0n) is 23.5. The van der Waals surface area contributed by atoms with Crippen molar-refractivity contribution in [2.75, 3.05) is 31.7 Å². The predicted octanol–water partition coefficient (Wildman–Crippen LogP) is 6.57. The van der Waals surface area contributed by atoms with Gasteiger partial charge in [0.05, 0.1) is 12.3 Å². The van der Waals surface area contributed by atoms with E-state index in [0.717, 1.165) is 62.2 Å². The number of nitrogens with zero attached hydrogens (tertiary/aromatic N) is 3. The molecule has 1 saturated heterocycles. The molecule has 0 saturated carbocycles. The molecular weight excluding hydrogens is 607 g/mol. The summed E-state index contributed by atoms with van der Waals surface area (Å²) in [4.78, 5) is 4.54. The van der Waals surface area contributed by atoms with Crippen LogP contribution in [0.3, 0.4) is 0 Å². The van der Waals surface area contributed by atoms with Crippen LogP contribution in [0.4, 0.5) is 5.82 Å². The number of halogens is 1. The van der Waals surface area contributed by atoms with Gasteiger partial charge in [0.25, 0.3) is 0 Å². The van der Waals surface area contributed by atoms with E-state index in [4.69, 9.17) is 18.9 Å². The Kier molecular flexibility index (Phi) is 12.3. The molecule has 39 heavy (non-hydrogen) atoms. The number of ether oxygens (including phenoxy) is 4. The molecule has 9 heteroatoms. The largest absolute Gasteiger partial charge is 0.379 e. The predicted molar refractivity (Wildman–Crippen MR) is 162 cm³/mol. The van der Waals surface area contributed by atoms with Gasteiger partial charge in [-0.1, -0.05) is 52.2 Å². The number of hydrogen-bond donors (Lipinski definition) is 1. The average Bonchev–Trinajstić information content (AvgIpc) is 3.52. The van der Waals surface area contributed by atoms with E-state index >= 15 is 0 Å². The quantitative estimate of drug-likeness (QED) is 0.131. The van der Waals surface area contributed by atoms with Crippen molar-refractivity contribution >= 4 is 33.9 Å². The van der Waals surface area contributed by atoms with E-state index in [9.17, 15) is 0 Å². The van der Waals surface area contributed by atoms with Crippen LogP contribution in [0.5, 0.6) is 0 Å². The van der Waals surface area contributed by atoms with Gasteiger partial charge in [-0.15, -0.1) is 0 Å². The van der Waals surface area contributed by atoms with Crippen molar-refractivity contribution in [3.63, 3.8) is 0 Å². The molecule has 1 fully saturated rings. The third kappa shape index (κ3) is 8.13. The molecule has 0 bridgehead atoms. The highest BCUT2D eigenvalue weighted by Gasteiger charge is 2.48. The van der Waals surface area contributed by atoms with Crippen molar-refractivity contribution < 1.29 is 18.9 Å². The number of aromatic nitrogens is 3. The fourth-order valence-electron chi connectivity index (χ4n) is 4.80. The number of unbranched alkanes of at least 4 members (excludes halogenated alkanes) is 3. The van der Waals surface area contributed by atoms with E-state index in [0.29, 0.717) is 26.4 Å². The lowest BCUT2D eigenvalue weighted by molar-refractivity contribution is -0.0795. The number of benzene rings is 1. The van der Waals surface area contributed by atoms with Crippen molar-refractivity contribution in [3.8, 4) is 0 Å². The summed E-state index contributed by atoms with van der Waals surface area (Å²) in [5.41, 5.74) is 3.04. The molecule has 4 atom stereocenters. The van der Waals surface area contributed by atoms with E-state index < -0.39 is 0 Å². The number of rotatable bonds is 17. The molecule has 3 heterocycles. The molecule has 0 aliphatic carbocycles. The summed E-state index contributed by atoms with van der Waals surface area (Å²) in [5.74, 6) is 0.784. The molecule has 8 nitrogen and oxygen atoms in total. The monoisotopic (exact) mass is 650 g/mol. The van der Waals surface area contributed by atoms with E-state index in [1.165, 1.54) is 9.13 Å². The Morgan fingerprint density at radius 2 is 1.69 bits per heavy atom. The van der Waals surface area contributed by atoms with Gasteiger partial charge in [0.2, 0.25) is 0 Å². The molecule has 1 aliphatic rings. The van der Waals surface area contributed by atoms with Crippen LogP contribution in [-0.2, 0) is 25.5 Å². The highest BCUT2D eigenvalue weighted by molar-refractivity contribution is 14.1. The standard InChI is InChI=1S/C30H43IN4O4/c1-4-7-15-36-20-26-28(37-16-8-5-2)29(38-17-9-6-3)27(39-26)24-13-14-25-30(33-21-34-35(24)25)32-19-22-11-10-12-23(31)18-22/h10-14,18,21,26-29H,4-9,15-17,19-20H2,1-3H3,(H,32,33,34)/t26-,27+,28-,29+/m1/s1.